The first-order valence-electron chi connectivity index (χ1n) is 7.10. The van der Waals surface area contributed by atoms with Crippen LogP contribution >= 0.6 is 35.0 Å². The molecular formula is C17H15Cl2NO2S. The highest BCUT2D eigenvalue weighted by Gasteiger charge is 2.17. The van der Waals surface area contributed by atoms with Gasteiger partial charge in [-0.05, 0) is 29.8 Å². The minimum Gasteiger partial charge on any atom is -0.493 e. The van der Waals surface area contributed by atoms with Gasteiger partial charge in [0, 0.05) is 22.9 Å². The van der Waals surface area contributed by atoms with Gasteiger partial charge in [-0.25, -0.2) is 0 Å². The Morgan fingerprint density at radius 3 is 2.78 bits per heavy atom. The topological polar surface area (TPSA) is 30.8 Å². The smallest absolute Gasteiger partial charge is 0.180 e. The Bertz CT molecular complexity index is 749. The van der Waals surface area contributed by atoms with Gasteiger partial charge in [-0.3, -0.25) is 4.99 Å². The van der Waals surface area contributed by atoms with Crippen molar-refractivity contribution in [2.24, 2.45) is 4.99 Å². The number of ether oxygens (including phenoxy) is 2. The van der Waals surface area contributed by atoms with Gasteiger partial charge in [0.15, 0.2) is 11.5 Å². The van der Waals surface area contributed by atoms with Gasteiger partial charge < -0.3 is 9.47 Å². The van der Waals surface area contributed by atoms with E-state index >= 15 is 0 Å². The number of aliphatic imine (C=N–C) groups is 1. The van der Waals surface area contributed by atoms with Crippen molar-refractivity contribution in [2.75, 3.05) is 19.4 Å². The van der Waals surface area contributed by atoms with E-state index < -0.39 is 0 Å². The molecule has 0 radical (unpaired) electrons. The van der Waals surface area contributed by atoms with Crippen LogP contribution in [0, 0.1) is 0 Å². The second-order valence-electron chi connectivity index (χ2n) is 4.94. The van der Waals surface area contributed by atoms with E-state index in [4.69, 9.17) is 32.7 Å². The summed E-state index contributed by atoms with van der Waals surface area (Å²) in [6, 6.07) is 11.3. The Kier molecular flexibility index (Phi) is 5.36. The van der Waals surface area contributed by atoms with Crippen molar-refractivity contribution < 1.29 is 9.47 Å². The van der Waals surface area contributed by atoms with Gasteiger partial charge in [-0.2, -0.15) is 0 Å². The van der Waals surface area contributed by atoms with Gasteiger partial charge in [-0.15, -0.1) is 11.8 Å². The molecule has 1 aliphatic heterocycles. The molecule has 0 N–H and O–H groups in total. The minimum atomic E-state index is 0.367. The molecule has 0 spiro atoms. The third-order valence-electron chi connectivity index (χ3n) is 3.33. The molecule has 1 aliphatic rings. The Labute approximate surface area is 149 Å². The SMILES string of the molecule is COc1cc(C2=NCCS2)cc(Cl)c1OCc1cccc(Cl)c1. The number of benzene rings is 2. The van der Waals surface area contributed by atoms with E-state index in [1.807, 2.05) is 36.4 Å². The number of thioether (sulfide) groups is 1. The normalized spacial score (nSPS) is 13.8. The minimum absolute atomic E-state index is 0.367. The van der Waals surface area contributed by atoms with Crippen molar-refractivity contribution in [3.05, 3.63) is 57.6 Å². The zero-order valence-corrected chi connectivity index (χ0v) is 14.8. The molecule has 2 aromatic carbocycles. The monoisotopic (exact) mass is 367 g/mol. The van der Waals surface area contributed by atoms with Crippen molar-refractivity contribution in [1.29, 1.82) is 0 Å². The number of rotatable bonds is 5. The van der Waals surface area contributed by atoms with Crippen molar-refractivity contribution in [3.63, 3.8) is 0 Å². The van der Waals surface area contributed by atoms with E-state index in [1.165, 1.54) is 0 Å². The molecule has 0 amide bonds. The summed E-state index contributed by atoms with van der Waals surface area (Å²) in [4.78, 5) is 4.47. The summed E-state index contributed by atoms with van der Waals surface area (Å²) in [5.41, 5.74) is 1.93. The number of methoxy groups -OCH3 is 1. The molecule has 1 heterocycles. The molecule has 6 heteroatoms. The molecule has 0 saturated heterocycles. The first-order chi connectivity index (χ1) is 11.2. The molecule has 0 aliphatic carbocycles. The first kappa shape index (κ1) is 16.5. The van der Waals surface area contributed by atoms with Gasteiger partial charge in [0.2, 0.25) is 0 Å². The Morgan fingerprint density at radius 2 is 2.09 bits per heavy atom. The fourth-order valence-electron chi connectivity index (χ4n) is 2.28. The molecule has 0 unspecified atom stereocenters. The summed E-state index contributed by atoms with van der Waals surface area (Å²) >= 11 is 14.1. The maximum Gasteiger partial charge on any atom is 0.180 e. The van der Waals surface area contributed by atoms with Crippen molar-refractivity contribution >= 4 is 40.0 Å². The molecule has 3 nitrogen and oxygen atoms in total. The standard InChI is InChI=1S/C17H15Cl2NO2S/c1-21-15-9-12(17-20-5-6-23-17)8-14(19)16(15)22-10-11-3-2-4-13(18)7-11/h2-4,7-9H,5-6,10H2,1H3. The predicted octanol–water partition coefficient (Wildman–Crippen LogP) is 5.07. The summed E-state index contributed by atoms with van der Waals surface area (Å²) in [5.74, 6) is 2.13. The molecular weight excluding hydrogens is 353 g/mol. The van der Waals surface area contributed by atoms with Crippen LogP contribution in [-0.4, -0.2) is 24.5 Å². The lowest BCUT2D eigenvalue weighted by atomic mass is 10.2. The Morgan fingerprint density at radius 1 is 1.22 bits per heavy atom. The van der Waals surface area contributed by atoms with Crippen LogP contribution in [0.1, 0.15) is 11.1 Å². The number of halogens is 2. The Balaban J connectivity index is 1.83. The summed E-state index contributed by atoms with van der Waals surface area (Å²) in [5, 5.41) is 2.18. The van der Waals surface area contributed by atoms with Crippen LogP contribution in [0.15, 0.2) is 41.4 Å². The molecule has 120 valence electrons. The largest absolute Gasteiger partial charge is 0.493 e. The van der Waals surface area contributed by atoms with Gasteiger partial charge in [0.25, 0.3) is 0 Å². The molecule has 23 heavy (non-hydrogen) atoms. The van der Waals surface area contributed by atoms with E-state index in [9.17, 15) is 0 Å². The molecule has 0 saturated carbocycles. The van der Waals surface area contributed by atoms with Gasteiger partial charge >= 0.3 is 0 Å². The van der Waals surface area contributed by atoms with Crippen LogP contribution in [0.3, 0.4) is 0 Å². The van der Waals surface area contributed by atoms with Crippen LogP contribution in [0.5, 0.6) is 11.5 Å². The molecule has 3 rings (SSSR count). The van der Waals surface area contributed by atoms with E-state index in [0.717, 1.165) is 28.5 Å². The second kappa shape index (κ2) is 7.47. The third-order valence-corrected chi connectivity index (χ3v) is 4.87. The summed E-state index contributed by atoms with van der Waals surface area (Å²) in [6.07, 6.45) is 0. The van der Waals surface area contributed by atoms with Gasteiger partial charge in [0.1, 0.15) is 6.61 Å². The first-order valence-corrected chi connectivity index (χ1v) is 8.84. The molecule has 0 bridgehead atoms. The zero-order valence-electron chi connectivity index (χ0n) is 12.5. The lowest BCUT2D eigenvalue weighted by Crippen LogP contribution is -2.01. The summed E-state index contributed by atoms with van der Waals surface area (Å²) in [7, 11) is 1.60. The lowest BCUT2D eigenvalue weighted by molar-refractivity contribution is 0.284. The average Bonchev–Trinajstić information content (AvgIpc) is 3.07. The highest BCUT2D eigenvalue weighted by atomic mass is 35.5. The number of nitrogens with zero attached hydrogens (tertiary/aromatic N) is 1. The van der Waals surface area contributed by atoms with Gasteiger partial charge in [0.05, 0.1) is 17.2 Å². The van der Waals surface area contributed by atoms with E-state index in [-0.39, 0.29) is 0 Å². The second-order valence-corrected chi connectivity index (χ2v) is 6.87. The van der Waals surface area contributed by atoms with Crippen LogP contribution < -0.4 is 9.47 Å². The van der Waals surface area contributed by atoms with Crippen molar-refractivity contribution in [1.82, 2.24) is 0 Å². The third kappa shape index (κ3) is 3.94. The summed E-state index contributed by atoms with van der Waals surface area (Å²) < 4.78 is 11.3. The quantitative estimate of drug-likeness (QED) is 0.738. The van der Waals surface area contributed by atoms with E-state index in [1.54, 1.807) is 18.9 Å². The zero-order chi connectivity index (χ0) is 16.2. The van der Waals surface area contributed by atoms with Crippen LogP contribution in [0.2, 0.25) is 10.0 Å². The molecule has 0 aromatic heterocycles. The van der Waals surface area contributed by atoms with Crippen molar-refractivity contribution in [3.8, 4) is 11.5 Å². The number of hydrogen-bond acceptors (Lipinski definition) is 4. The number of hydrogen-bond donors (Lipinski definition) is 0. The maximum atomic E-state index is 6.39. The Hall–Kier alpha value is -1.36. The van der Waals surface area contributed by atoms with Gasteiger partial charge in [-0.1, -0.05) is 35.3 Å². The highest BCUT2D eigenvalue weighted by molar-refractivity contribution is 8.14. The van der Waals surface area contributed by atoms with Crippen LogP contribution in [-0.2, 0) is 6.61 Å². The highest BCUT2D eigenvalue weighted by Crippen LogP contribution is 2.38. The van der Waals surface area contributed by atoms with Crippen molar-refractivity contribution in [2.45, 2.75) is 6.61 Å². The fourth-order valence-corrected chi connectivity index (χ4v) is 3.60. The van der Waals surface area contributed by atoms with E-state index in [2.05, 4.69) is 4.99 Å². The van der Waals surface area contributed by atoms with Crippen LogP contribution in [0.4, 0.5) is 0 Å². The lowest BCUT2D eigenvalue weighted by Gasteiger charge is -2.14. The predicted molar refractivity (Wildman–Crippen MR) is 97.7 cm³/mol. The molecule has 2 aromatic rings. The fraction of sp³-hybridized carbons (Fsp3) is 0.235. The summed E-state index contributed by atoms with van der Waals surface area (Å²) in [6.45, 7) is 1.21. The van der Waals surface area contributed by atoms with E-state index in [0.29, 0.717) is 28.2 Å². The maximum absolute atomic E-state index is 6.39. The molecule has 0 atom stereocenters. The van der Waals surface area contributed by atoms with Crippen LogP contribution in [0.25, 0.3) is 0 Å². The molecule has 0 fully saturated rings. The average molecular weight is 368 g/mol.